The number of benzene rings is 2. The Morgan fingerprint density at radius 2 is 1.85 bits per heavy atom. The Labute approximate surface area is 158 Å². The first-order valence-electron chi connectivity index (χ1n) is 9.48. The fourth-order valence-corrected chi connectivity index (χ4v) is 3.89. The number of nitrogens with one attached hydrogen (secondary N) is 1. The second kappa shape index (κ2) is 6.80. The summed E-state index contributed by atoms with van der Waals surface area (Å²) in [6.45, 7) is 2.71. The molecule has 0 aromatic heterocycles. The first-order valence-corrected chi connectivity index (χ1v) is 9.48. The number of carbonyl (C=O) groups is 2. The van der Waals surface area contributed by atoms with Gasteiger partial charge in [0.15, 0.2) is 0 Å². The maximum Gasteiger partial charge on any atom is 0.235 e. The lowest BCUT2D eigenvalue weighted by Gasteiger charge is -2.28. The molecule has 1 saturated carbocycles. The summed E-state index contributed by atoms with van der Waals surface area (Å²) < 4.78 is 13.2. The molecule has 2 aromatic carbocycles. The Bertz CT molecular complexity index is 888. The van der Waals surface area contributed by atoms with Crippen molar-refractivity contribution >= 4 is 23.2 Å². The van der Waals surface area contributed by atoms with Crippen LogP contribution in [0.5, 0.6) is 0 Å². The standard InChI is InChI=1S/C22H23FN2O2/c1-15-14-18(9-10-19(15)25-13-3-2-4-20(25)26)24-21(27)22(11-12-22)16-5-7-17(23)8-6-16/h5-10,14H,2-4,11-13H2,1H3,(H,24,27). The largest absolute Gasteiger partial charge is 0.325 e. The second-order valence-corrected chi connectivity index (χ2v) is 7.55. The molecule has 0 atom stereocenters. The number of anilines is 2. The molecular weight excluding hydrogens is 343 g/mol. The van der Waals surface area contributed by atoms with Crippen molar-refractivity contribution in [1.29, 1.82) is 0 Å². The summed E-state index contributed by atoms with van der Waals surface area (Å²) in [6.07, 6.45) is 4.10. The van der Waals surface area contributed by atoms with Gasteiger partial charge in [-0.3, -0.25) is 9.59 Å². The fourth-order valence-electron chi connectivity index (χ4n) is 3.89. The number of halogens is 1. The van der Waals surface area contributed by atoms with E-state index in [0.29, 0.717) is 6.42 Å². The van der Waals surface area contributed by atoms with Crippen molar-refractivity contribution in [2.45, 2.75) is 44.4 Å². The third-order valence-corrected chi connectivity index (χ3v) is 5.65. The predicted molar refractivity (Wildman–Crippen MR) is 103 cm³/mol. The topological polar surface area (TPSA) is 49.4 Å². The Balaban J connectivity index is 1.51. The Morgan fingerprint density at radius 3 is 2.48 bits per heavy atom. The number of carbonyl (C=O) groups excluding carboxylic acids is 2. The molecule has 0 unspecified atom stereocenters. The van der Waals surface area contributed by atoms with E-state index in [4.69, 9.17) is 0 Å². The van der Waals surface area contributed by atoms with E-state index < -0.39 is 5.41 Å². The number of piperidine rings is 1. The summed E-state index contributed by atoms with van der Waals surface area (Å²) in [5.74, 6) is -0.196. The van der Waals surface area contributed by atoms with Gasteiger partial charge in [0.25, 0.3) is 0 Å². The highest BCUT2D eigenvalue weighted by atomic mass is 19.1. The summed E-state index contributed by atoms with van der Waals surface area (Å²) in [5.41, 5.74) is 2.91. The highest BCUT2D eigenvalue weighted by Gasteiger charge is 2.51. The van der Waals surface area contributed by atoms with Gasteiger partial charge < -0.3 is 10.2 Å². The normalized spacial score (nSPS) is 18.3. The lowest BCUT2D eigenvalue weighted by molar-refractivity contribution is -0.120. The number of aryl methyl sites for hydroxylation is 1. The SMILES string of the molecule is Cc1cc(NC(=O)C2(c3ccc(F)cc3)CC2)ccc1N1CCCCC1=O. The van der Waals surface area contributed by atoms with Gasteiger partial charge >= 0.3 is 0 Å². The minimum atomic E-state index is -0.552. The minimum absolute atomic E-state index is 0.0599. The molecular formula is C22H23FN2O2. The van der Waals surface area contributed by atoms with Gasteiger partial charge in [-0.25, -0.2) is 4.39 Å². The maximum atomic E-state index is 13.2. The second-order valence-electron chi connectivity index (χ2n) is 7.55. The zero-order valence-corrected chi connectivity index (χ0v) is 15.4. The molecule has 2 aliphatic rings. The number of nitrogens with zero attached hydrogens (tertiary/aromatic N) is 1. The van der Waals surface area contributed by atoms with Gasteiger partial charge in [-0.05, 0) is 74.1 Å². The molecule has 1 heterocycles. The van der Waals surface area contributed by atoms with Crippen molar-refractivity contribution in [3.8, 4) is 0 Å². The van der Waals surface area contributed by atoms with Crippen molar-refractivity contribution in [2.75, 3.05) is 16.8 Å². The quantitative estimate of drug-likeness (QED) is 0.876. The van der Waals surface area contributed by atoms with Gasteiger partial charge in [0.2, 0.25) is 11.8 Å². The highest BCUT2D eigenvalue weighted by Crippen LogP contribution is 2.49. The van der Waals surface area contributed by atoms with Crippen LogP contribution in [0.3, 0.4) is 0 Å². The first-order chi connectivity index (χ1) is 13.0. The van der Waals surface area contributed by atoms with Crippen LogP contribution in [0.4, 0.5) is 15.8 Å². The van der Waals surface area contributed by atoms with Crippen molar-refractivity contribution in [3.63, 3.8) is 0 Å². The van der Waals surface area contributed by atoms with Crippen molar-refractivity contribution in [1.82, 2.24) is 0 Å². The zero-order valence-electron chi connectivity index (χ0n) is 15.4. The molecule has 2 amide bonds. The van der Waals surface area contributed by atoms with Crippen LogP contribution in [0.15, 0.2) is 42.5 Å². The van der Waals surface area contributed by atoms with Crippen molar-refractivity contribution < 1.29 is 14.0 Å². The summed E-state index contributed by atoms with van der Waals surface area (Å²) >= 11 is 0. The van der Waals surface area contributed by atoms with Crippen LogP contribution in [-0.2, 0) is 15.0 Å². The number of hydrogen-bond acceptors (Lipinski definition) is 2. The Morgan fingerprint density at radius 1 is 1.11 bits per heavy atom. The molecule has 1 saturated heterocycles. The molecule has 0 spiro atoms. The Hall–Kier alpha value is -2.69. The highest BCUT2D eigenvalue weighted by molar-refractivity contribution is 6.02. The predicted octanol–water partition coefficient (Wildman–Crippen LogP) is 4.32. The average molecular weight is 366 g/mol. The molecule has 27 heavy (non-hydrogen) atoms. The molecule has 2 aromatic rings. The molecule has 140 valence electrons. The van der Waals surface area contributed by atoms with E-state index in [0.717, 1.165) is 54.7 Å². The summed E-state index contributed by atoms with van der Waals surface area (Å²) in [6, 6.07) is 11.9. The van der Waals surface area contributed by atoms with Crippen LogP contribution < -0.4 is 10.2 Å². The Kier molecular flexibility index (Phi) is 4.46. The van der Waals surface area contributed by atoms with Gasteiger partial charge in [-0.15, -0.1) is 0 Å². The molecule has 0 radical (unpaired) electrons. The van der Waals surface area contributed by atoms with Gasteiger partial charge in [0.05, 0.1) is 5.41 Å². The molecule has 5 heteroatoms. The third kappa shape index (κ3) is 3.34. The zero-order chi connectivity index (χ0) is 19.0. The average Bonchev–Trinajstić information content (AvgIpc) is 3.45. The molecule has 1 N–H and O–H groups in total. The van der Waals surface area contributed by atoms with E-state index in [1.807, 2.05) is 30.0 Å². The minimum Gasteiger partial charge on any atom is -0.325 e. The van der Waals surface area contributed by atoms with Gasteiger partial charge in [0.1, 0.15) is 5.82 Å². The van der Waals surface area contributed by atoms with Crippen LogP contribution in [0, 0.1) is 12.7 Å². The van der Waals surface area contributed by atoms with Gasteiger partial charge in [-0.2, -0.15) is 0 Å². The van der Waals surface area contributed by atoms with Gasteiger partial charge in [-0.1, -0.05) is 12.1 Å². The van der Waals surface area contributed by atoms with E-state index in [1.54, 1.807) is 12.1 Å². The van der Waals surface area contributed by atoms with E-state index in [9.17, 15) is 14.0 Å². The monoisotopic (exact) mass is 366 g/mol. The van der Waals surface area contributed by atoms with Crippen LogP contribution in [-0.4, -0.2) is 18.4 Å². The number of rotatable bonds is 4. The lowest BCUT2D eigenvalue weighted by Crippen LogP contribution is -2.35. The van der Waals surface area contributed by atoms with E-state index in [1.165, 1.54) is 12.1 Å². The van der Waals surface area contributed by atoms with Crippen molar-refractivity contribution in [2.24, 2.45) is 0 Å². The van der Waals surface area contributed by atoms with Gasteiger partial charge in [0, 0.05) is 24.3 Å². The van der Waals surface area contributed by atoms with Crippen LogP contribution in [0.2, 0.25) is 0 Å². The lowest BCUT2D eigenvalue weighted by atomic mass is 9.95. The fraction of sp³-hybridized carbons (Fsp3) is 0.364. The number of amides is 2. The summed E-state index contributed by atoms with van der Waals surface area (Å²) in [5, 5.41) is 3.00. The van der Waals surface area contributed by atoms with Crippen LogP contribution >= 0.6 is 0 Å². The van der Waals surface area contributed by atoms with Crippen LogP contribution in [0.25, 0.3) is 0 Å². The molecule has 4 nitrogen and oxygen atoms in total. The molecule has 4 rings (SSSR count). The number of hydrogen-bond donors (Lipinski definition) is 1. The summed E-state index contributed by atoms with van der Waals surface area (Å²) in [7, 11) is 0. The molecule has 0 bridgehead atoms. The first kappa shape index (κ1) is 17.7. The maximum absolute atomic E-state index is 13.2. The molecule has 2 fully saturated rings. The summed E-state index contributed by atoms with van der Waals surface area (Å²) in [4.78, 5) is 26.9. The van der Waals surface area contributed by atoms with E-state index in [2.05, 4.69) is 5.32 Å². The smallest absolute Gasteiger partial charge is 0.235 e. The van der Waals surface area contributed by atoms with E-state index >= 15 is 0 Å². The van der Waals surface area contributed by atoms with E-state index in [-0.39, 0.29) is 17.6 Å². The van der Waals surface area contributed by atoms with Crippen molar-refractivity contribution in [3.05, 3.63) is 59.4 Å². The third-order valence-electron chi connectivity index (χ3n) is 5.65. The van der Waals surface area contributed by atoms with Crippen LogP contribution in [0.1, 0.15) is 43.2 Å². The molecule has 1 aliphatic carbocycles. The molecule has 1 aliphatic heterocycles.